The minimum atomic E-state index is -0.273. The van der Waals surface area contributed by atoms with E-state index in [1.165, 1.54) is 6.92 Å². The van der Waals surface area contributed by atoms with Gasteiger partial charge in [0.25, 0.3) is 0 Å². The van der Waals surface area contributed by atoms with Crippen LogP contribution in [-0.4, -0.2) is 5.97 Å². The van der Waals surface area contributed by atoms with Crippen molar-refractivity contribution in [3.05, 3.63) is 34.9 Å². The van der Waals surface area contributed by atoms with Crippen LogP contribution in [0.3, 0.4) is 0 Å². The monoisotopic (exact) mass is 240 g/mol. The minimum Gasteiger partial charge on any atom is -0.458 e. The fraction of sp³-hybridized carbons (Fsp3) is 0.462. The summed E-state index contributed by atoms with van der Waals surface area (Å²) in [5, 5.41) is 0.648. The molecule has 1 rings (SSSR count). The number of benzene rings is 1. The lowest BCUT2D eigenvalue weighted by molar-refractivity contribution is -0.147. The summed E-state index contributed by atoms with van der Waals surface area (Å²) < 4.78 is 5.30. The molecular formula is C13H17ClO2. The van der Waals surface area contributed by atoms with E-state index in [9.17, 15) is 4.79 Å². The summed E-state index contributed by atoms with van der Waals surface area (Å²) in [5.41, 5.74) is 0.882. The highest BCUT2D eigenvalue weighted by Gasteiger charge is 2.18. The van der Waals surface area contributed by atoms with E-state index in [1.807, 2.05) is 24.3 Å². The maximum absolute atomic E-state index is 11.1. The molecule has 1 aromatic carbocycles. The van der Waals surface area contributed by atoms with E-state index >= 15 is 0 Å². The Morgan fingerprint density at radius 1 is 1.38 bits per heavy atom. The van der Waals surface area contributed by atoms with Gasteiger partial charge in [-0.15, -0.1) is 0 Å². The maximum atomic E-state index is 11.1. The number of esters is 1. The molecule has 0 amide bonds. The Balaban J connectivity index is 2.91. The van der Waals surface area contributed by atoms with E-state index in [4.69, 9.17) is 16.3 Å². The first kappa shape index (κ1) is 13.0. The standard InChI is InChI=1S/C13H17ClO2/c1-9(2)8-13(16-10(3)15)11-6-4-5-7-12(11)14/h4-7,9,13H,8H2,1-3H3. The molecular weight excluding hydrogens is 224 g/mol. The van der Waals surface area contributed by atoms with E-state index in [1.54, 1.807) is 0 Å². The second-order valence-corrected chi connectivity index (χ2v) is 4.66. The van der Waals surface area contributed by atoms with Crippen LogP contribution in [-0.2, 0) is 9.53 Å². The quantitative estimate of drug-likeness (QED) is 0.744. The molecule has 0 saturated heterocycles. The van der Waals surface area contributed by atoms with E-state index < -0.39 is 0 Å². The van der Waals surface area contributed by atoms with E-state index in [2.05, 4.69) is 13.8 Å². The summed E-state index contributed by atoms with van der Waals surface area (Å²) >= 11 is 6.09. The predicted molar refractivity (Wildman–Crippen MR) is 65.4 cm³/mol. The van der Waals surface area contributed by atoms with Crippen LogP contribution >= 0.6 is 11.6 Å². The zero-order chi connectivity index (χ0) is 12.1. The Kier molecular flexibility index (Phi) is 4.81. The number of rotatable bonds is 4. The van der Waals surface area contributed by atoms with Crippen LogP contribution in [0.1, 0.15) is 38.9 Å². The average Bonchev–Trinajstić information content (AvgIpc) is 2.15. The first-order valence-electron chi connectivity index (χ1n) is 5.42. The molecule has 0 fully saturated rings. The molecule has 0 aliphatic rings. The normalized spacial score (nSPS) is 12.6. The van der Waals surface area contributed by atoms with Gasteiger partial charge in [0.05, 0.1) is 0 Å². The van der Waals surface area contributed by atoms with Crippen molar-refractivity contribution in [1.29, 1.82) is 0 Å². The largest absolute Gasteiger partial charge is 0.458 e. The average molecular weight is 241 g/mol. The Morgan fingerprint density at radius 3 is 2.50 bits per heavy atom. The van der Waals surface area contributed by atoms with Crippen LogP contribution in [0, 0.1) is 5.92 Å². The molecule has 1 unspecified atom stereocenters. The van der Waals surface area contributed by atoms with Gasteiger partial charge in [0.1, 0.15) is 6.10 Å². The molecule has 0 aliphatic heterocycles. The van der Waals surface area contributed by atoms with E-state index in [-0.39, 0.29) is 12.1 Å². The molecule has 0 bridgehead atoms. The Hall–Kier alpha value is -1.02. The predicted octanol–water partition coefficient (Wildman–Crippen LogP) is 3.99. The second kappa shape index (κ2) is 5.90. The first-order chi connectivity index (χ1) is 7.50. The fourth-order valence-corrected chi connectivity index (χ4v) is 1.86. The highest BCUT2D eigenvalue weighted by atomic mass is 35.5. The highest BCUT2D eigenvalue weighted by molar-refractivity contribution is 6.31. The van der Waals surface area contributed by atoms with E-state index in [0.29, 0.717) is 10.9 Å². The van der Waals surface area contributed by atoms with Crippen molar-refractivity contribution < 1.29 is 9.53 Å². The summed E-state index contributed by atoms with van der Waals surface area (Å²) in [7, 11) is 0. The first-order valence-corrected chi connectivity index (χ1v) is 5.80. The van der Waals surface area contributed by atoms with Crippen LogP contribution in [0.15, 0.2) is 24.3 Å². The van der Waals surface area contributed by atoms with Crippen molar-refractivity contribution in [3.63, 3.8) is 0 Å². The maximum Gasteiger partial charge on any atom is 0.303 e. The summed E-state index contributed by atoms with van der Waals surface area (Å²) in [5.74, 6) is 0.172. The molecule has 0 radical (unpaired) electrons. The van der Waals surface area contributed by atoms with Gasteiger partial charge in [0.15, 0.2) is 0 Å². The smallest absolute Gasteiger partial charge is 0.303 e. The van der Waals surface area contributed by atoms with Crippen molar-refractivity contribution >= 4 is 17.6 Å². The zero-order valence-electron chi connectivity index (χ0n) is 9.87. The molecule has 0 saturated carbocycles. The molecule has 1 aromatic rings. The van der Waals surface area contributed by atoms with Crippen molar-refractivity contribution in [2.24, 2.45) is 5.92 Å². The Morgan fingerprint density at radius 2 is 2.00 bits per heavy atom. The lowest BCUT2D eigenvalue weighted by Crippen LogP contribution is -2.11. The molecule has 2 nitrogen and oxygen atoms in total. The third kappa shape index (κ3) is 3.86. The van der Waals surface area contributed by atoms with Gasteiger partial charge in [-0.3, -0.25) is 4.79 Å². The van der Waals surface area contributed by atoms with Crippen molar-refractivity contribution in [2.45, 2.75) is 33.3 Å². The summed E-state index contributed by atoms with van der Waals surface area (Å²) in [6.45, 7) is 5.60. The topological polar surface area (TPSA) is 26.3 Å². The number of ether oxygens (including phenoxy) is 1. The van der Waals surface area contributed by atoms with Gasteiger partial charge in [-0.1, -0.05) is 43.6 Å². The Labute approximate surface area is 102 Å². The third-order valence-electron chi connectivity index (χ3n) is 2.25. The SMILES string of the molecule is CC(=O)OC(CC(C)C)c1ccccc1Cl. The van der Waals surface area contributed by atoms with Crippen molar-refractivity contribution in [1.82, 2.24) is 0 Å². The van der Waals surface area contributed by atoms with Gasteiger partial charge in [-0.05, 0) is 18.4 Å². The fourth-order valence-electron chi connectivity index (χ4n) is 1.60. The van der Waals surface area contributed by atoms with Gasteiger partial charge in [-0.2, -0.15) is 0 Å². The van der Waals surface area contributed by atoms with Gasteiger partial charge >= 0.3 is 5.97 Å². The van der Waals surface area contributed by atoms with Crippen LogP contribution in [0.25, 0.3) is 0 Å². The van der Waals surface area contributed by atoms with Gasteiger partial charge < -0.3 is 4.74 Å². The van der Waals surface area contributed by atoms with Crippen LogP contribution in [0.5, 0.6) is 0 Å². The number of halogens is 1. The number of carbonyl (C=O) groups is 1. The van der Waals surface area contributed by atoms with Gasteiger partial charge in [0.2, 0.25) is 0 Å². The summed E-state index contributed by atoms with van der Waals surface area (Å²) in [6.07, 6.45) is 0.537. The highest BCUT2D eigenvalue weighted by Crippen LogP contribution is 2.30. The molecule has 0 aromatic heterocycles. The molecule has 16 heavy (non-hydrogen) atoms. The molecule has 88 valence electrons. The molecule has 3 heteroatoms. The van der Waals surface area contributed by atoms with Crippen LogP contribution in [0.2, 0.25) is 5.02 Å². The number of hydrogen-bond donors (Lipinski definition) is 0. The lowest BCUT2D eigenvalue weighted by atomic mass is 9.99. The van der Waals surface area contributed by atoms with Gasteiger partial charge in [0, 0.05) is 17.5 Å². The number of carbonyl (C=O) groups excluding carboxylic acids is 1. The third-order valence-corrected chi connectivity index (χ3v) is 2.59. The van der Waals surface area contributed by atoms with Crippen LogP contribution in [0.4, 0.5) is 0 Å². The van der Waals surface area contributed by atoms with Crippen molar-refractivity contribution in [3.8, 4) is 0 Å². The molecule has 0 aliphatic carbocycles. The number of hydrogen-bond acceptors (Lipinski definition) is 2. The lowest BCUT2D eigenvalue weighted by Gasteiger charge is -2.20. The molecule has 1 atom stereocenters. The zero-order valence-corrected chi connectivity index (χ0v) is 10.6. The van der Waals surface area contributed by atoms with Crippen molar-refractivity contribution in [2.75, 3.05) is 0 Å². The second-order valence-electron chi connectivity index (χ2n) is 4.25. The van der Waals surface area contributed by atoms with Gasteiger partial charge in [-0.25, -0.2) is 0 Å². The summed E-state index contributed by atoms with van der Waals surface area (Å²) in [6, 6.07) is 7.48. The minimum absolute atomic E-state index is 0.244. The summed E-state index contributed by atoms with van der Waals surface area (Å²) in [4.78, 5) is 11.1. The van der Waals surface area contributed by atoms with Crippen LogP contribution < -0.4 is 0 Å². The molecule has 0 heterocycles. The molecule has 0 spiro atoms. The van der Waals surface area contributed by atoms with E-state index in [0.717, 1.165) is 12.0 Å². The Bertz CT molecular complexity index is 361. The molecule has 0 N–H and O–H groups in total.